The molecule has 0 aromatic heterocycles. The Labute approximate surface area is 204 Å². The molecule has 0 radical (unpaired) electrons. The molecule has 2 aromatic rings. The first-order chi connectivity index (χ1) is 16.2. The zero-order chi connectivity index (χ0) is 25.1. The second-order valence-corrected chi connectivity index (χ2v) is 10.3. The lowest BCUT2D eigenvalue weighted by molar-refractivity contribution is -0.140. The second kappa shape index (κ2) is 13.1. The van der Waals surface area contributed by atoms with Gasteiger partial charge < -0.3 is 10.2 Å². The number of hydrogen-bond acceptors (Lipinski definition) is 4. The van der Waals surface area contributed by atoms with Crippen LogP contribution in [0.15, 0.2) is 54.6 Å². The maximum atomic E-state index is 13.3. The molecule has 1 atom stereocenters. The molecule has 0 bridgehead atoms. The summed E-state index contributed by atoms with van der Waals surface area (Å²) in [4.78, 5) is 27.6. The third-order valence-corrected chi connectivity index (χ3v) is 6.86. The van der Waals surface area contributed by atoms with Crippen molar-refractivity contribution in [2.75, 3.05) is 30.2 Å². The van der Waals surface area contributed by atoms with Crippen molar-refractivity contribution in [1.29, 1.82) is 0 Å². The summed E-state index contributed by atoms with van der Waals surface area (Å²) < 4.78 is 26.1. The third kappa shape index (κ3) is 8.17. The maximum absolute atomic E-state index is 13.3. The van der Waals surface area contributed by atoms with E-state index >= 15 is 0 Å². The van der Waals surface area contributed by atoms with Crippen molar-refractivity contribution in [1.82, 2.24) is 10.2 Å². The lowest BCUT2D eigenvalue weighted by atomic mass is 10.1. The summed E-state index contributed by atoms with van der Waals surface area (Å²) in [7, 11) is -3.50. The van der Waals surface area contributed by atoms with E-state index in [1.807, 2.05) is 69.3 Å². The number of nitrogens with one attached hydrogen (secondary N) is 1. The van der Waals surface area contributed by atoms with E-state index in [1.165, 1.54) is 10.6 Å². The Bertz CT molecular complexity index is 1040. The fraction of sp³-hybridized carbons (Fsp3) is 0.462. The van der Waals surface area contributed by atoms with Gasteiger partial charge in [-0.3, -0.25) is 13.9 Å². The fourth-order valence-electron chi connectivity index (χ4n) is 3.97. The van der Waals surface area contributed by atoms with Crippen molar-refractivity contribution < 1.29 is 18.0 Å². The van der Waals surface area contributed by atoms with Crippen molar-refractivity contribution in [2.24, 2.45) is 0 Å². The van der Waals surface area contributed by atoms with Gasteiger partial charge in [0.1, 0.15) is 6.04 Å². The first-order valence-corrected chi connectivity index (χ1v) is 13.7. The van der Waals surface area contributed by atoms with Gasteiger partial charge in [0.05, 0.1) is 11.9 Å². The van der Waals surface area contributed by atoms with Gasteiger partial charge in [-0.25, -0.2) is 8.42 Å². The van der Waals surface area contributed by atoms with Crippen LogP contribution in [-0.2, 0) is 26.0 Å². The Morgan fingerprint density at radius 1 is 1.00 bits per heavy atom. The average molecular weight is 488 g/mol. The van der Waals surface area contributed by atoms with Crippen LogP contribution in [-0.4, -0.2) is 57.1 Å². The van der Waals surface area contributed by atoms with Crippen LogP contribution < -0.4 is 9.62 Å². The van der Waals surface area contributed by atoms with E-state index in [1.54, 1.807) is 11.0 Å². The summed E-state index contributed by atoms with van der Waals surface area (Å²) in [5, 5.41) is 2.83. The smallest absolute Gasteiger partial charge is 0.242 e. The number of anilines is 1. The van der Waals surface area contributed by atoms with Crippen LogP contribution in [0, 0.1) is 6.92 Å². The number of sulfonamides is 1. The number of amides is 2. The average Bonchev–Trinajstić information content (AvgIpc) is 2.79. The molecule has 0 aliphatic carbocycles. The molecule has 34 heavy (non-hydrogen) atoms. The molecule has 2 amide bonds. The Morgan fingerprint density at radius 3 is 2.29 bits per heavy atom. The van der Waals surface area contributed by atoms with Crippen LogP contribution in [0.4, 0.5) is 5.69 Å². The molecule has 2 aromatic carbocycles. The van der Waals surface area contributed by atoms with Gasteiger partial charge in [-0.1, -0.05) is 49.4 Å². The number of nitrogens with zero attached hydrogens (tertiary/aromatic N) is 2. The van der Waals surface area contributed by atoms with E-state index in [0.717, 1.165) is 11.1 Å². The highest BCUT2D eigenvalue weighted by molar-refractivity contribution is 7.92. The van der Waals surface area contributed by atoms with Crippen molar-refractivity contribution >= 4 is 27.5 Å². The predicted molar refractivity (Wildman–Crippen MR) is 137 cm³/mol. The molecule has 8 heteroatoms. The van der Waals surface area contributed by atoms with Gasteiger partial charge in [0.15, 0.2) is 0 Å². The Morgan fingerprint density at radius 2 is 1.71 bits per heavy atom. The van der Waals surface area contributed by atoms with Crippen LogP contribution in [0.3, 0.4) is 0 Å². The summed E-state index contributed by atoms with van der Waals surface area (Å²) in [5.74, 6) is -0.310. The van der Waals surface area contributed by atoms with E-state index in [0.29, 0.717) is 38.0 Å². The molecular formula is C26H37N3O4S. The first-order valence-electron chi connectivity index (χ1n) is 11.8. The molecule has 0 spiro atoms. The molecule has 186 valence electrons. The van der Waals surface area contributed by atoms with Gasteiger partial charge in [0.2, 0.25) is 21.8 Å². The largest absolute Gasteiger partial charge is 0.355 e. The van der Waals surface area contributed by atoms with E-state index in [-0.39, 0.29) is 24.8 Å². The zero-order valence-corrected chi connectivity index (χ0v) is 21.5. The highest BCUT2D eigenvalue weighted by Crippen LogP contribution is 2.20. The van der Waals surface area contributed by atoms with Crippen LogP contribution >= 0.6 is 0 Å². The van der Waals surface area contributed by atoms with Crippen molar-refractivity contribution in [3.63, 3.8) is 0 Å². The molecule has 2 rings (SSSR count). The first kappa shape index (κ1) is 27.4. The molecule has 7 nitrogen and oxygen atoms in total. The lowest BCUT2D eigenvalue weighted by Crippen LogP contribution is -2.50. The lowest BCUT2D eigenvalue weighted by Gasteiger charge is -2.31. The summed E-state index contributed by atoms with van der Waals surface area (Å²) in [5.41, 5.74) is 2.64. The summed E-state index contributed by atoms with van der Waals surface area (Å²) in [6, 6.07) is 16.6. The highest BCUT2D eigenvalue weighted by atomic mass is 32.2. The fourth-order valence-corrected chi connectivity index (χ4v) is 4.93. The van der Waals surface area contributed by atoms with Crippen LogP contribution in [0.5, 0.6) is 0 Å². The topological polar surface area (TPSA) is 86.8 Å². The molecule has 0 aliphatic rings. The highest BCUT2D eigenvalue weighted by Gasteiger charge is 2.28. The quantitative estimate of drug-likeness (QED) is 0.468. The minimum atomic E-state index is -3.50. The van der Waals surface area contributed by atoms with Crippen molar-refractivity contribution in [2.45, 2.75) is 52.5 Å². The predicted octanol–water partition coefficient (Wildman–Crippen LogP) is 3.53. The number of carbonyl (C=O) groups is 2. The SMILES string of the molecule is CCNC(=O)C(CC)N(CCc1ccccc1)C(=O)CCCN(c1cccc(C)c1)S(C)(=O)=O. The van der Waals surface area contributed by atoms with Crippen LogP contribution in [0.2, 0.25) is 0 Å². The molecule has 0 aliphatic heterocycles. The monoisotopic (exact) mass is 487 g/mol. The number of carbonyl (C=O) groups excluding carboxylic acids is 2. The second-order valence-electron chi connectivity index (χ2n) is 8.42. The van der Waals surface area contributed by atoms with Crippen molar-refractivity contribution in [3.8, 4) is 0 Å². The molecule has 0 saturated heterocycles. The zero-order valence-electron chi connectivity index (χ0n) is 20.7. The number of likely N-dealkylation sites (N-methyl/N-ethyl adjacent to an activating group) is 1. The summed E-state index contributed by atoms with van der Waals surface area (Å²) >= 11 is 0. The van der Waals surface area contributed by atoms with Crippen LogP contribution in [0.1, 0.15) is 44.2 Å². The van der Waals surface area contributed by atoms with Gasteiger partial charge >= 0.3 is 0 Å². The van der Waals surface area contributed by atoms with E-state index in [4.69, 9.17) is 0 Å². The molecular weight excluding hydrogens is 450 g/mol. The van der Waals surface area contributed by atoms with Gasteiger partial charge in [-0.15, -0.1) is 0 Å². The van der Waals surface area contributed by atoms with Gasteiger partial charge in [-0.05, 0) is 56.4 Å². The molecule has 0 fully saturated rings. The Balaban J connectivity index is 2.13. The number of hydrogen-bond donors (Lipinski definition) is 1. The van der Waals surface area contributed by atoms with Gasteiger partial charge in [0.25, 0.3) is 0 Å². The van der Waals surface area contributed by atoms with E-state index in [9.17, 15) is 18.0 Å². The van der Waals surface area contributed by atoms with Crippen molar-refractivity contribution in [3.05, 3.63) is 65.7 Å². The molecule has 1 N–H and O–H groups in total. The number of rotatable bonds is 13. The van der Waals surface area contributed by atoms with Gasteiger partial charge in [-0.2, -0.15) is 0 Å². The van der Waals surface area contributed by atoms with Crippen LogP contribution in [0.25, 0.3) is 0 Å². The summed E-state index contributed by atoms with van der Waals surface area (Å²) in [6.07, 6.45) is 2.83. The molecule has 0 heterocycles. The van der Waals surface area contributed by atoms with Gasteiger partial charge in [0, 0.05) is 26.1 Å². The standard InChI is InChI=1S/C26H37N3O4S/c1-5-24(26(31)27-6-2)28(19-17-22-13-8-7-9-14-22)25(30)16-11-18-29(34(4,32)33)23-15-10-12-21(3)20-23/h7-10,12-15,20,24H,5-6,11,16-19H2,1-4H3,(H,27,31). The molecule has 1 unspecified atom stereocenters. The summed E-state index contributed by atoms with van der Waals surface area (Å²) in [6.45, 7) is 6.77. The van der Waals surface area contributed by atoms with E-state index in [2.05, 4.69) is 5.32 Å². The Kier molecular flexibility index (Phi) is 10.6. The number of aryl methyl sites for hydroxylation is 1. The maximum Gasteiger partial charge on any atom is 0.242 e. The minimum Gasteiger partial charge on any atom is -0.355 e. The normalized spacial score (nSPS) is 12.1. The van der Waals surface area contributed by atoms with E-state index < -0.39 is 16.1 Å². The third-order valence-electron chi connectivity index (χ3n) is 5.66. The Hall–Kier alpha value is -2.87. The number of benzene rings is 2. The molecule has 0 saturated carbocycles. The minimum absolute atomic E-state index is 0.147.